The number of aliphatic carboxylic acids is 1. The number of rotatable bonds is 7. The molecule has 3 fully saturated rings. The molecule has 196 valence electrons. The lowest BCUT2D eigenvalue weighted by Gasteiger charge is -2.32. The predicted molar refractivity (Wildman–Crippen MR) is 142 cm³/mol. The quantitative estimate of drug-likeness (QED) is 0.367. The van der Waals surface area contributed by atoms with Gasteiger partial charge in [-0.2, -0.15) is 0 Å². The van der Waals surface area contributed by atoms with E-state index in [2.05, 4.69) is 5.16 Å². The van der Waals surface area contributed by atoms with Crippen LogP contribution in [-0.4, -0.2) is 34.3 Å². The highest BCUT2D eigenvalue weighted by atomic mass is 35.5. The topological polar surface area (TPSA) is 92.9 Å². The van der Waals surface area contributed by atoms with Crippen LogP contribution < -0.4 is 4.90 Å². The van der Waals surface area contributed by atoms with E-state index in [9.17, 15) is 14.7 Å². The average Bonchev–Trinajstić information content (AvgIpc) is 3.21. The second kappa shape index (κ2) is 9.11. The molecule has 1 saturated heterocycles. The fourth-order valence-corrected chi connectivity index (χ4v) is 7.15. The smallest absolute Gasteiger partial charge is 0.310 e. The van der Waals surface area contributed by atoms with Gasteiger partial charge in [0, 0.05) is 28.8 Å². The molecule has 2 saturated carbocycles. The summed E-state index contributed by atoms with van der Waals surface area (Å²) in [5, 5.41) is 14.8. The first-order valence-electron chi connectivity index (χ1n) is 13.1. The number of fused-ring (bicyclic) bond motifs is 3. The Morgan fingerprint density at radius 3 is 2.63 bits per heavy atom. The molecule has 0 spiro atoms. The van der Waals surface area contributed by atoms with Crippen molar-refractivity contribution < 1.29 is 24.0 Å². The molecule has 0 radical (unpaired) electrons. The highest BCUT2D eigenvalue weighted by molar-refractivity contribution is 6.39. The number of hydrogen-bond acceptors (Lipinski definition) is 5. The van der Waals surface area contributed by atoms with Crippen molar-refractivity contribution in [2.45, 2.75) is 69.1 Å². The molecule has 1 N–H and O–H groups in total. The summed E-state index contributed by atoms with van der Waals surface area (Å²) in [5.74, 6) is -0.229. The summed E-state index contributed by atoms with van der Waals surface area (Å²) in [6.45, 7) is 0.281. The number of aryl methyl sites for hydroxylation is 1. The predicted octanol–water partition coefficient (Wildman–Crippen LogP) is 6.35. The maximum atomic E-state index is 13.5. The first kappa shape index (κ1) is 24.2. The van der Waals surface area contributed by atoms with Crippen LogP contribution in [0.2, 0.25) is 10.0 Å². The maximum Gasteiger partial charge on any atom is 0.310 e. The summed E-state index contributed by atoms with van der Waals surface area (Å²) in [6, 6.07) is 11.2. The molecule has 1 aromatic heterocycles. The molecule has 38 heavy (non-hydrogen) atoms. The molecule has 7 rings (SSSR count). The van der Waals surface area contributed by atoms with Crippen LogP contribution in [0, 0.1) is 5.92 Å². The molecule has 7 nitrogen and oxygen atoms in total. The van der Waals surface area contributed by atoms with E-state index in [1.165, 1.54) is 0 Å². The summed E-state index contributed by atoms with van der Waals surface area (Å²) >= 11 is 13.0. The van der Waals surface area contributed by atoms with Gasteiger partial charge in [-0.15, -0.1) is 0 Å². The van der Waals surface area contributed by atoms with Crippen molar-refractivity contribution >= 4 is 40.8 Å². The number of carboxylic acids is 1. The number of nitrogens with zero attached hydrogens (tertiary/aromatic N) is 2. The zero-order chi connectivity index (χ0) is 26.1. The number of hydrogen-bond donors (Lipinski definition) is 1. The van der Waals surface area contributed by atoms with Crippen LogP contribution in [0.4, 0.5) is 5.69 Å². The first-order chi connectivity index (χ1) is 18.4. The van der Waals surface area contributed by atoms with Gasteiger partial charge in [0.2, 0.25) is 5.91 Å². The Balaban J connectivity index is 1.10. The Bertz CT molecular complexity index is 1440. The van der Waals surface area contributed by atoms with Gasteiger partial charge >= 0.3 is 5.97 Å². The van der Waals surface area contributed by atoms with Crippen molar-refractivity contribution in [3.05, 3.63) is 68.9 Å². The van der Waals surface area contributed by atoms with Crippen molar-refractivity contribution in [3.63, 3.8) is 0 Å². The van der Waals surface area contributed by atoms with E-state index in [4.69, 9.17) is 32.5 Å². The molecule has 2 aromatic carbocycles. The summed E-state index contributed by atoms with van der Waals surface area (Å²) in [4.78, 5) is 26.9. The van der Waals surface area contributed by atoms with Crippen LogP contribution in [0.1, 0.15) is 66.4 Å². The number of halogens is 2. The molecular weight excluding hydrogens is 527 g/mol. The second-order valence-electron chi connectivity index (χ2n) is 10.8. The molecule has 9 heteroatoms. The minimum Gasteiger partial charge on any atom is -0.481 e. The molecule has 3 aliphatic carbocycles. The third kappa shape index (κ3) is 3.86. The van der Waals surface area contributed by atoms with Gasteiger partial charge in [0.25, 0.3) is 0 Å². The SMILES string of the molecule is O=C(O)C1CCc2cc(N3C(=O)[C@@H]4C[C@H]3C[C@H]4OCc3c(-c4c(Cl)cccc4Cl)noc3C3CC3)ccc21. The van der Waals surface area contributed by atoms with E-state index in [1.54, 1.807) is 18.2 Å². The van der Waals surface area contributed by atoms with Crippen molar-refractivity contribution in [3.8, 4) is 11.3 Å². The van der Waals surface area contributed by atoms with E-state index in [1.807, 2.05) is 23.1 Å². The lowest BCUT2D eigenvalue weighted by Crippen LogP contribution is -2.43. The van der Waals surface area contributed by atoms with Gasteiger partial charge in [-0.25, -0.2) is 0 Å². The minimum absolute atomic E-state index is 0.0649. The number of anilines is 1. The molecule has 1 unspecified atom stereocenters. The first-order valence-corrected chi connectivity index (χ1v) is 13.9. The van der Waals surface area contributed by atoms with Gasteiger partial charge in [0.05, 0.1) is 34.6 Å². The Labute approximate surface area is 229 Å². The maximum absolute atomic E-state index is 13.5. The van der Waals surface area contributed by atoms with Gasteiger partial charge in [0.1, 0.15) is 11.5 Å². The fourth-order valence-electron chi connectivity index (χ4n) is 6.57. The van der Waals surface area contributed by atoms with E-state index in [0.29, 0.717) is 33.6 Å². The highest BCUT2D eigenvalue weighted by Crippen LogP contribution is 2.48. The van der Waals surface area contributed by atoms with E-state index >= 15 is 0 Å². The van der Waals surface area contributed by atoms with Crippen LogP contribution in [0.15, 0.2) is 40.9 Å². The number of carbonyl (C=O) groups excluding carboxylic acids is 1. The minimum atomic E-state index is -0.787. The van der Waals surface area contributed by atoms with Crippen molar-refractivity contribution in [2.75, 3.05) is 4.90 Å². The van der Waals surface area contributed by atoms with E-state index < -0.39 is 11.9 Å². The third-order valence-corrected chi connectivity index (χ3v) is 9.22. The molecule has 1 aliphatic heterocycles. The molecule has 2 bridgehead atoms. The lowest BCUT2D eigenvalue weighted by molar-refractivity contribution is -0.138. The summed E-state index contributed by atoms with van der Waals surface area (Å²) in [6.07, 6.45) is 4.74. The number of ether oxygens (including phenoxy) is 1. The van der Waals surface area contributed by atoms with Crippen LogP contribution in [0.5, 0.6) is 0 Å². The van der Waals surface area contributed by atoms with E-state index in [0.717, 1.165) is 60.2 Å². The number of carboxylic acid groups (broad SMARTS) is 1. The van der Waals surface area contributed by atoms with Crippen LogP contribution in [-0.2, 0) is 27.4 Å². The molecule has 1 amide bonds. The van der Waals surface area contributed by atoms with Gasteiger partial charge in [-0.1, -0.05) is 40.5 Å². The summed E-state index contributed by atoms with van der Waals surface area (Å²) < 4.78 is 12.2. The number of aromatic nitrogens is 1. The Morgan fingerprint density at radius 2 is 1.92 bits per heavy atom. The van der Waals surface area contributed by atoms with Gasteiger partial charge in [0.15, 0.2) is 0 Å². The van der Waals surface area contributed by atoms with Crippen LogP contribution in [0.25, 0.3) is 11.3 Å². The summed E-state index contributed by atoms with van der Waals surface area (Å²) in [5.41, 5.74) is 4.87. The largest absolute Gasteiger partial charge is 0.481 e. The highest BCUT2D eigenvalue weighted by Gasteiger charge is 2.52. The van der Waals surface area contributed by atoms with Gasteiger partial charge in [-0.3, -0.25) is 9.59 Å². The molecule has 4 atom stereocenters. The van der Waals surface area contributed by atoms with Crippen LogP contribution >= 0.6 is 23.2 Å². The lowest BCUT2D eigenvalue weighted by atomic mass is 10.00. The van der Waals surface area contributed by atoms with Crippen LogP contribution in [0.3, 0.4) is 0 Å². The Morgan fingerprint density at radius 1 is 1.13 bits per heavy atom. The number of benzene rings is 2. The van der Waals surface area contributed by atoms with Crippen molar-refractivity contribution in [1.82, 2.24) is 5.16 Å². The van der Waals surface area contributed by atoms with E-state index in [-0.39, 0.29) is 30.6 Å². The molecule has 3 aromatic rings. The number of piperidine rings is 1. The zero-order valence-electron chi connectivity index (χ0n) is 20.5. The third-order valence-electron chi connectivity index (χ3n) is 8.59. The molecular formula is C29H26Cl2N2O5. The summed E-state index contributed by atoms with van der Waals surface area (Å²) in [7, 11) is 0. The number of amides is 1. The zero-order valence-corrected chi connectivity index (χ0v) is 22.0. The van der Waals surface area contributed by atoms with Gasteiger partial charge < -0.3 is 19.3 Å². The Hall–Kier alpha value is -2.87. The van der Waals surface area contributed by atoms with Gasteiger partial charge in [-0.05, 0) is 73.9 Å². The Kier molecular flexibility index (Phi) is 5.80. The van der Waals surface area contributed by atoms with Crippen molar-refractivity contribution in [2.24, 2.45) is 5.92 Å². The standard InChI is InChI=1S/C29H26Cl2N2O5/c30-22-2-1-3-23(31)25(22)26-21(27(38-32-26)14-4-5-14)13-37-24-12-17-11-20(24)28(34)33(17)16-7-9-18-15(10-16)6-8-19(18)29(35)36/h1-3,7,9-10,14,17,19-20,24H,4-6,8,11-13H2,(H,35,36)/t17-,19?,20+,24+/m0/s1. The molecule has 4 aliphatic rings. The molecule has 2 heterocycles. The monoisotopic (exact) mass is 552 g/mol. The van der Waals surface area contributed by atoms with Crippen molar-refractivity contribution in [1.29, 1.82) is 0 Å². The normalized spacial score (nSPS) is 25.8. The average molecular weight is 553 g/mol. The fraction of sp³-hybridized carbons (Fsp3) is 0.414. The number of carbonyl (C=O) groups is 2. The second-order valence-corrected chi connectivity index (χ2v) is 11.7.